The van der Waals surface area contributed by atoms with Crippen LogP contribution in [0.3, 0.4) is 0 Å². The highest BCUT2D eigenvalue weighted by molar-refractivity contribution is 8.14. The Balaban J connectivity index is 2.11. The van der Waals surface area contributed by atoms with Crippen molar-refractivity contribution >= 4 is 28.5 Å². The van der Waals surface area contributed by atoms with Crippen LogP contribution in [0.5, 0.6) is 5.75 Å². The Morgan fingerprint density at radius 1 is 1.28 bits per heavy atom. The Labute approximate surface area is 114 Å². The van der Waals surface area contributed by atoms with Crippen molar-refractivity contribution in [3.63, 3.8) is 0 Å². The molecule has 1 aromatic carbocycles. The van der Waals surface area contributed by atoms with Gasteiger partial charge < -0.3 is 4.74 Å². The lowest BCUT2D eigenvalue weighted by Crippen LogP contribution is -1.93. The average molecular weight is 280 g/mol. The fourth-order valence-electron chi connectivity index (χ4n) is 1.34. The lowest BCUT2D eigenvalue weighted by Gasteiger charge is -2.03. The van der Waals surface area contributed by atoms with Crippen LogP contribution in [0.25, 0.3) is 0 Å². The van der Waals surface area contributed by atoms with Crippen LogP contribution < -0.4 is 4.74 Å². The summed E-state index contributed by atoms with van der Waals surface area (Å²) in [6.07, 6.45) is 1.52. The number of benzene rings is 1. The first-order valence-electron chi connectivity index (χ1n) is 5.17. The summed E-state index contributed by atoms with van der Waals surface area (Å²) in [7, 11) is 1.60. The third kappa shape index (κ3) is 3.24. The fourth-order valence-corrected chi connectivity index (χ4v) is 2.24. The number of thioether (sulfide) groups is 1. The monoisotopic (exact) mass is 279 g/mol. The Morgan fingerprint density at radius 3 is 2.61 bits per heavy atom. The molecule has 2 aromatic rings. The number of rotatable bonds is 3. The standard InChI is InChI=1S/C13H10ClNO2S/c1-17-10-2-4-11(5-3-10)18-13(16)9-6-7-15-12(14)8-9/h2-8H,1H3. The highest BCUT2D eigenvalue weighted by Gasteiger charge is 2.08. The molecule has 1 heterocycles. The number of hydrogen-bond acceptors (Lipinski definition) is 4. The molecule has 18 heavy (non-hydrogen) atoms. The summed E-state index contributed by atoms with van der Waals surface area (Å²) in [6.45, 7) is 0. The molecular formula is C13H10ClNO2S. The second kappa shape index (κ2) is 5.89. The van der Waals surface area contributed by atoms with Crippen LogP contribution in [0.4, 0.5) is 0 Å². The molecule has 0 fully saturated rings. The van der Waals surface area contributed by atoms with Gasteiger partial charge in [0.05, 0.1) is 7.11 Å². The number of pyridine rings is 1. The minimum absolute atomic E-state index is 0.0653. The Hall–Kier alpha value is -1.52. The minimum atomic E-state index is -0.0653. The number of halogens is 1. The van der Waals surface area contributed by atoms with Crippen molar-refractivity contribution in [3.05, 3.63) is 53.3 Å². The quantitative estimate of drug-likeness (QED) is 0.635. The number of methoxy groups -OCH3 is 1. The van der Waals surface area contributed by atoms with Crippen molar-refractivity contribution in [2.24, 2.45) is 0 Å². The zero-order valence-corrected chi connectivity index (χ0v) is 11.2. The van der Waals surface area contributed by atoms with Gasteiger partial charge in [-0.3, -0.25) is 4.79 Å². The molecule has 0 aliphatic carbocycles. The molecule has 5 heteroatoms. The Kier molecular flexibility index (Phi) is 4.23. The van der Waals surface area contributed by atoms with Crippen molar-refractivity contribution in [2.75, 3.05) is 7.11 Å². The van der Waals surface area contributed by atoms with E-state index in [0.29, 0.717) is 10.7 Å². The van der Waals surface area contributed by atoms with Crippen LogP contribution in [0.2, 0.25) is 5.15 Å². The van der Waals surface area contributed by atoms with Gasteiger partial charge in [-0.15, -0.1) is 0 Å². The van der Waals surface area contributed by atoms with E-state index >= 15 is 0 Å². The maximum atomic E-state index is 12.0. The van der Waals surface area contributed by atoms with Gasteiger partial charge in [0.1, 0.15) is 10.9 Å². The van der Waals surface area contributed by atoms with Gasteiger partial charge in [-0.1, -0.05) is 11.6 Å². The molecule has 92 valence electrons. The average Bonchev–Trinajstić information content (AvgIpc) is 2.39. The summed E-state index contributed by atoms with van der Waals surface area (Å²) in [5, 5.41) is 0.251. The van der Waals surface area contributed by atoms with Gasteiger partial charge in [0.2, 0.25) is 5.12 Å². The topological polar surface area (TPSA) is 39.2 Å². The van der Waals surface area contributed by atoms with Gasteiger partial charge in [-0.05, 0) is 48.2 Å². The second-order valence-electron chi connectivity index (χ2n) is 3.43. The normalized spacial score (nSPS) is 10.1. The van der Waals surface area contributed by atoms with E-state index in [1.165, 1.54) is 6.20 Å². The van der Waals surface area contributed by atoms with E-state index in [-0.39, 0.29) is 5.12 Å². The molecule has 0 bridgehead atoms. The predicted molar refractivity (Wildman–Crippen MR) is 72.4 cm³/mol. The number of carbonyl (C=O) groups is 1. The zero-order valence-electron chi connectivity index (χ0n) is 9.59. The number of carbonyl (C=O) groups excluding carboxylic acids is 1. The van der Waals surface area contributed by atoms with Crippen LogP contribution in [0.15, 0.2) is 47.5 Å². The summed E-state index contributed by atoms with van der Waals surface area (Å²) in [6, 6.07) is 10.5. The van der Waals surface area contributed by atoms with Crippen LogP contribution in [0.1, 0.15) is 10.4 Å². The van der Waals surface area contributed by atoms with E-state index < -0.39 is 0 Å². The molecule has 0 aliphatic rings. The fraction of sp³-hybridized carbons (Fsp3) is 0.0769. The molecule has 0 saturated heterocycles. The van der Waals surface area contributed by atoms with Crippen molar-refractivity contribution in [1.29, 1.82) is 0 Å². The maximum absolute atomic E-state index is 12.0. The summed E-state index contributed by atoms with van der Waals surface area (Å²) in [5.74, 6) is 0.763. The van der Waals surface area contributed by atoms with Crippen molar-refractivity contribution in [3.8, 4) is 5.75 Å². The summed E-state index contributed by atoms with van der Waals surface area (Å²) >= 11 is 6.89. The third-order valence-corrected chi connectivity index (χ3v) is 3.37. The van der Waals surface area contributed by atoms with E-state index in [9.17, 15) is 4.79 Å². The third-order valence-electron chi connectivity index (χ3n) is 2.23. The molecule has 0 unspecified atom stereocenters. The molecule has 0 radical (unpaired) electrons. The molecule has 0 spiro atoms. The Bertz CT molecular complexity index is 557. The van der Waals surface area contributed by atoms with E-state index in [1.54, 1.807) is 19.2 Å². The van der Waals surface area contributed by atoms with Gasteiger partial charge in [-0.2, -0.15) is 0 Å². The zero-order chi connectivity index (χ0) is 13.0. The molecule has 0 N–H and O–H groups in total. The smallest absolute Gasteiger partial charge is 0.224 e. The number of nitrogens with zero attached hydrogens (tertiary/aromatic N) is 1. The van der Waals surface area contributed by atoms with Crippen LogP contribution in [-0.2, 0) is 0 Å². The summed E-state index contributed by atoms with van der Waals surface area (Å²) in [5.41, 5.74) is 0.538. The van der Waals surface area contributed by atoms with Gasteiger partial charge >= 0.3 is 0 Å². The number of ether oxygens (including phenoxy) is 1. The predicted octanol–water partition coefficient (Wildman–Crippen LogP) is 3.68. The van der Waals surface area contributed by atoms with Crippen molar-refractivity contribution in [1.82, 2.24) is 4.98 Å². The largest absolute Gasteiger partial charge is 0.497 e. The Morgan fingerprint density at radius 2 is 2.00 bits per heavy atom. The van der Waals surface area contributed by atoms with Crippen LogP contribution >= 0.6 is 23.4 Å². The van der Waals surface area contributed by atoms with E-state index in [0.717, 1.165) is 22.4 Å². The van der Waals surface area contributed by atoms with E-state index in [2.05, 4.69) is 4.98 Å². The first-order chi connectivity index (χ1) is 8.69. The number of hydrogen-bond donors (Lipinski definition) is 0. The van der Waals surface area contributed by atoms with Gasteiger partial charge in [-0.25, -0.2) is 4.98 Å². The van der Waals surface area contributed by atoms with E-state index in [1.807, 2.05) is 24.3 Å². The van der Waals surface area contributed by atoms with Crippen LogP contribution in [0, 0.1) is 0 Å². The maximum Gasteiger partial charge on any atom is 0.224 e. The molecule has 0 atom stereocenters. The lowest BCUT2D eigenvalue weighted by atomic mass is 10.3. The summed E-state index contributed by atoms with van der Waals surface area (Å²) in [4.78, 5) is 16.7. The minimum Gasteiger partial charge on any atom is -0.497 e. The molecule has 0 amide bonds. The molecule has 0 saturated carbocycles. The molecular weight excluding hydrogens is 270 g/mol. The summed E-state index contributed by atoms with van der Waals surface area (Å²) < 4.78 is 5.05. The van der Waals surface area contributed by atoms with E-state index in [4.69, 9.17) is 16.3 Å². The first-order valence-corrected chi connectivity index (χ1v) is 6.36. The lowest BCUT2D eigenvalue weighted by molar-refractivity contribution is 0.108. The highest BCUT2D eigenvalue weighted by atomic mass is 35.5. The SMILES string of the molecule is COc1ccc(SC(=O)c2ccnc(Cl)c2)cc1. The van der Waals surface area contributed by atoms with Gasteiger partial charge in [0, 0.05) is 16.7 Å². The highest BCUT2D eigenvalue weighted by Crippen LogP contribution is 2.25. The molecule has 2 rings (SSSR count). The number of aromatic nitrogens is 1. The van der Waals surface area contributed by atoms with Crippen molar-refractivity contribution < 1.29 is 9.53 Å². The van der Waals surface area contributed by atoms with Gasteiger partial charge in [0.15, 0.2) is 0 Å². The molecule has 0 aliphatic heterocycles. The molecule has 1 aromatic heterocycles. The van der Waals surface area contributed by atoms with Gasteiger partial charge in [0.25, 0.3) is 0 Å². The van der Waals surface area contributed by atoms with Crippen molar-refractivity contribution in [2.45, 2.75) is 4.90 Å². The first kappa shape index (κ1) is 12.9. The molecule has 3 nitrogen and oxygen atoms in total. The van der Waals surface area contributed by atoms with Crippen LogP contribution in [-0.4, -0.2) is 17.2 Å². The second-order valence-corrected chi connectivity index (χ2v) is 4.87.